The lowest BCUT2D eigenvalue weighted by molar-refractivity contribution is 0.102. The molecule has 150 valence electrons. The molecule has 4 rings (SSSR count). The maximum absolute atomic E-state index is 13.2. The minimum Gasteiger partial charge on any atom is -0.489 e. The van der Waals surface area contributed by atoms with Crippen LogP contribution in [0.2, 0.25) is 0 Å². The standard InChI is InChI=1S/C25H22N2O2S/c1-17-22(24(28)20-10-6-3-7-11-20)23(27-25(30)26-17)19-12-14-21(15-13-19)29-16-18-8-4-2-5-9-18/h2-15,23H,16H2,1H3,(H2,26,27,30)/t23-/m1/s1. The zero-order valence-corrected chi connectivity index (χ0v) is 17.4. The summed E-state index contributed by atoms with van der Waals surface area (Å²) in [6.07, 6.45) is 0. The maximum atomic E-state index is 13.2. The summed E-state index contributed by atoms with van der Waals surface area (Å²) >= 11 is 5.35. The number of ether oxygens (including phenoxy) is 1. The van der Waals surface area contributed by atoms with E-state index in [4.69, 9.17) is 17.0 Å². The van der Waals surface area contributed by atoms with Crippen molar-refractivity contribution in [2.75, 3.05) is 0 Å². The summed E-state index contributed by atoms with van der Waals surface area (Å²) in [5.74, 6) is 0.751. The molecule has 1 atom stereocenters. The normalized spacial score (nSPS) is 15.9. The second-order valence-corrected chi connectivity index (χ2v) is 7.52. The molecule has 0 bridgehead atoms. The van der Waals surface area contributed by atoms with E-state index in [1.165, 1.54) is 0 Å². The Balaban J connectivity index is 1.57. The Morgan fingerprint density at radius 1 is 0.933 bits per heavy atom. The van der Waals surface area contributed by atoms with Crippen molar-refractivity contribution in [3.05, 3.63) is 113 Å². The Bertz CT molecular complexity index is 1080. The average molecular weight is 415 g/mol. The molecule has 1 heterocycles. The first-order chi connectivity index (χ1) is 14.6. The van der Waals surface area contributed by atoms with Crippen molar-refractivity contribution in [3.63, 3.8) is 0 Å². The Kier molecular flexibility index (Phi) is 5.91. The third-order valence-electron chi connectivity index (χ3n) is 5.01. The Morgan fingerprint density at radius 2 is 1.57 bits per heavy atom. The summed E-state index contributed by atoms with van der Waals surface area (Å²) in [6.45, 7) is 2.39. The first kappa shape index (κ1) is 19.9. The van der Waals surface area contributed by atoms with Crippen molar-refractivity contribution < 1.29 is 9.53 Å². The topological polar surface area (TPSA) is 50.4 Å². The zero-order chi connectivity index (χ0) is 20.9. The van der Waals surface area contributed by atoms with Gasteiger partial charge in [0.05, 0.1) is 6.04 Å². The van der Waals surface area contributed by atoms with Crippen LogP contribution in [0.1, 0.15) is 34.5 Å². The van der Waals surface area contributed by atoms with E-state index in [2.05, 4.69) is 10.6 Å². The van der Waals surface area contributed by atoms with E-state index in [1.807, 2.05) is 91.9 Å². The van der Waals surface area contributed by atoms with E-state index in [9.17, 15) is 4.79 Å². The SMILES string of the molecule is CC1=C(C(=O)c2ccccc2)[C@@H](c2ccc(OCc3ccccc3)cc2)NC(=S)N1. The molecular weight excluding hydrogens is 392 g/mol. The number of thiocarbonyl (C=S) groups is 1. The highest BCUT2D eigenvalue weighted by Crippen LogP contribution is 2.30. The van der Waals surface area contributed by atoms with Gasteiger partial charge in [0, 0.05) is 16.8 Å². The largest absolute Gasteiger partial charge is 0.489 e. The number of nitrogens with one attached hydrogen (secondary N) is 2. The number of carbonyl (C=O) groups excluding carboxylic acids is 1. The van der Waals surface area contributed by atoms with Crippen LogP contribution in [-0.2, 0) is 6.61 Å². The summed E-state index contributed by atoms with van der Waals surface area (Å²) in [4.78, 5) is 13.2. The van der Waals surface area contributed by atoms with Crippen molar-refractivity contribution in [1.29, 1.82) is 0 Å². The van der Waals surface area contributed by atoms with Gasteiger partial charge in [-0.1, -0.05) is 72.8 Å². The van der Waals surface area contributed by atoms with Crippen molar-refractivity contribution in [2.24, 2.45) is 0 Å². The fraction of sp³-hybridized carbons (Fsp3) is 0.120. The fourth-order valence-electron chi connectivity index (χ4n) is 3.49. The van der Waals surface area contributed by atoms with Crippen molar-refractivity contribution in [2.45, 2.75) is 19.6 Å². The van der Waals surface area contributed by atoms with Gasteiger partial charge in [0.25, 0.3) is 0 Å². The first-order valence-corrected chi connectivity index (χ1v) is 10.2. The fourth-order valence-corrected chi connectivity index (χ4v) is 3.76. The van der Waals surface area contributed by atoms with Gasteiger partial charge in [-0.15, -0.1) is 0 Å². The number of rotatable bonds is 6. The molecule has 4 nitrogen and oxygen atoms in total. The lowest BCUT2D eigenvalue weighted by Gasteiger charge is -2.30. The highest BCUT2D eigenvalue weighted by molar-refractivity contribution is 7.80. The van der Waals surface area contributed by atoms with Crippen molar-refractivity contribution in [3.8, 4) is 5.75 Å². The minimum atomic E-state index is -0.324. The molecule has 30 heavy (non-hydrogen) atoms. The van der Waals surface area contributed by atoms with Crippen LogP contribution in [0.5, 0.6) is 5.75 Å². The molecular formula is C25H22N2O2S. The molecule has 0 aromatic heterocycles. The van der Waals surface area contributed by atoms with Gasteiger partial charge in [0.1, 0.15) is 12.4 Å². The van der Waals surface area contributed by atoms with Gasteiger partial charge in [0.2, 0.25) is 0 Å². The number of hydrogen-bond acceptors (Lipinski definition) is 3. The number of carbonyl (C=O) groups is 1. The van der Waals surface area contributed by atoms with Crippen molar-refractivity contribution >= 4 is 23.1 Å². The van der Waals surface area contributed by atoms with Crippen LogP contribution in [0.4, 0.5) is 0 Å². The predicted octanol–water partition coefficient (Wildman–Crippen LogP) is 4.94. The van der Waals surface area contributed by atoms with Gasteiger partial charge >= 0.3 is 0 Å². The quantitative estimate of drug-likeness (QED) is 0.442. The van der Waals surface area contributed by atoms with Gasteiger partial charge in [-0.2, -0.15) is 0 Å². The Labute approximate surface area is 181 Å². The first-order valence-electron chi connectivity index (χ1n) is 9.76. The summed E-state index contributed by atoms with van der Waals surface area (Å²) in [6, 6.07) is 26.8. The summed E-state index contributed by atoms with van der Waals surface area (Å²) in [5.41, 5.74) is 4.14. The van der Waals surface area contributed by atoms with Crippen LogP contribution >= 0.6 is 12.2 Å². The van der Waals surface area contributed by atoms with E-state index < -0.39 is 0 Å². The maximum Gasteiger partial charge on any atom is 0.193 e. The van der Waals surface area contributed by atoms with Gasteiger partial charge in [-0.25, -0.2) is 0 Å². The number of allylic oxidation sites excluding steroid dienone is 1. The van der Waals surface area contributed by atoms with E-state index in [0.717, 1.165) is 22.6 Å². The van der Waals surface area contributed by atoms with E-state index in [0.29, 0.717) is 22.9 Å². The van der Waals surface area contributed by atoms with E-state index in [1.54, 1.807) is 0 Å². The number of hydrogen-bond donors (Lipinski definition) is 2. The molecule has 0 amide bonds. The molecule has 0 saturated heterocycles. The highest BCUT2D eigenvalue weighted by Gasteiger charge is 2.30. The molecule has 0 saturated carbocycles. The predicted molar refractivity (Wildman–Crippen MR) is 122 cm³/mol. The lowest BCUT2D eigenvalue weighted by Crippen LogP contribution is -2.44. The minimum absolute atomic E-state index is 0.0231. The molecule has 1 aliphatic rings. The number of Topliss-reactive ketones (excluding diaryl/α,β-unsaturated/α-hetero) is 1. The van der Waals surface area contributed by atoms with E-state index in [-0.39, 0.29) is 11.8 Å². The molecule has 2 N–H and O–H groups in total. The molecule has 1 aliphatic heterocycles. The van der Waals surface area contributed by atoms with Gasteiger partial charge in [-0.05, 0) is 42.4 Å². The van der Waals surface area contributed by atoms with Crippen LogP contribution in [0.25, 0.3) is 0 Å². The molecule has 0 unspecified atom stereocenters. The van der Waals surface area contributed by atoms with Gasteiger partial charge in [0.15, 0.2) is 10.9 Å². The third kappa shape index (κ3) is 4.42. The molecule has 5 heteroatoms. The molecule has 3 aromatic rings. The monoisotopic (exact) mass is 414 g/mol. The van der Waals surface area contributed by atoms with Crippen LogP contribution in [0.15, 0.2) is 96.2 Å². The van der Waals surface area contributed by atoms with Crippen LogP contribution in [0.3, 0.4) is 0 Å². The van der Waals surface area contributed by atoms with Crippen LogP contribution in [0, 0.1) is 0 Å². The van der Waals surface area contributed by atoms with Gasteiger partial charge in [-0.3, -0.25) is 4.79 Å². The van der Waals surface area contributed by atoms with E-state index >= 15 is 0 Å². The molecule has 0 fully saturated rings. The highest BCUT2D eigenvalue weighted by atomic mass is 32.1. The Hall–Kier alpha value is -3.44. The summed E-state index contributed by atoms with van der Waals surface area (Å²) in [5, 5.41) is 6.83. The molecule has 0 radical (unpaired) electrons. The number of ketones is 1. The summed E-state index contributed by atoms with van der Waals surface area (Å²) in [7, 11) is 0. The second-order valence-electron chi connectivity index (χ2n) is 7.11. The molecule has 3 aromatic carbocycles. The van der Waals surface area contributed by atoms with Crippen LogP contribution < -0.4 is 15.4 Å². The van der Waals surface area contributed by atoms with Gasteiger partial charge < -0.3 is 15.4 Å². The Morgan fingerprint density at radius 3 is 2.23 bits per heavy atom. The average Bonchev–Trinajstić information content (AvgIpc) is 2.78. The molecule has 0 aliphatic carbocycles. The third-order valence-corrected chi connectivity index (χ3v) is 5.23. The zero-order valence-electron chi connectivity index (χ0n) is 16.6. The summed E-state index contributed by atoms with van der Waals surface area (Å²) < 4.78 is 5.88. The van der Waals surface area contributed by atoms with Crippen molar-refractivity contribution in [1.82, 2.24) is 10.6 Å². The van der Waals surface area contributed by atoms with Crippen LogP contribution in [-0.4, -0.2) is 10.9 Å². The second kappa shape index (κ2) is 8.93. The molecule has 0 spiro atoms. The lowest BCUT2D eigenvalue weighted by atomic mass is 9.90. The number of benzene rings is 3. The smallest absolute Gasteiger partial charge is 0.193 e.